The van der Waals surface area contributed by atoms with E-state index in [9.17, 15) is 0 Å². The molecule has 0 aromatic carbocycles. The monoisotopic (exact) mass is 409 g/mol. The average molecular weight is 409 g/mol. The Balaban J connectivity index is 0.00000220. The second-order valence-corrected chi connectivity index (χ2v) is 6.18. The zero-order valence-corrected chi connectivity index (χ0v) is 15.7. The van der Waals surface area contributed by atoms with E-state index in [-0.39, 0.29) is 24.0 Å². The summed E-state index contributed by atoms with van der Waals surface area (Å²) in [6.07, 6.45) is 12.5. The molecule has 2 rings (SSSR count). The van der Waals surface area contributed by atoms with Crippen molar-refractivity contribution in [3.05, 3.63) is 0 Å². The average Bonchev–Trinajstić information content (AvgIpc) is 2.94. The third-order valence-corrected chi connectivity index (χ3v) is 4.53. The summed E-state index contributed by atoms with van der Waals surface area (Å²) in [5, 5.41) is 6.89. The van der Waals surface area contributed by atoms with Gasteiger partial charge in [-0.05, 0) is 31.6 Å². The zero-order chi connectivity index (χ0) is 14.0. The van der Waals surface area contributed by atoms with Crippen LogP contribution in [0.3, 0.4) is 0 Å². The highest BCUT2D eigenvalue weighted by Crippen LogP contribution is 2.21. The number of halogens is 1. The quantitative estimate of drug-likeness (QED) is 0.426. The van der Waals surface area contributed by atoms with Crippen molar-refractivity contribution in [2.24, 2.45) is 10.9 Å². The van der Waals surface area contributed by atoms with E-state index in [1.54, 1.807) is 0 Å². The normalized spacial score (nSPS) is 24.8. The lowest BCUT2D eigenvalue weighted by atomic mass is 9.91. The molecule has 1 unspecified atom stereocenters. The van der Waals surface area contributed by atoms with Crippen LogP contribution < -0.4 is 10.6 Å². The van der Waals surface area contributed by atoms with Gasteiger partial charge < -0.3 is 15.4 Å². The molecule has 1 aliphatic carbocycles. The number of guanidine groups is 1. The van der Waals surface area contributed by atoms with Gasteiger partial charge in [0.25, 0.3) is 0 Å². The molecule has 0 bridgehead atoms. The van der Waals surface area contributed by atoms with E-state index < -0.39 is 0 Å². The molecule has 1 aliphatic heterocycles. The molecule has 0 aromatic heterocycles. The smallest absolute Gasteiger partial charge is 0.191 e. The minimum Gasteiger partial charge on any atom is -0.376 e. The van der Waals surface area contributed by atoms with Crippen molar-refractivity contribution in [2.75, 3.05) is 26.7 Å². The fourth-order valence-corrected chi connectivity index (χ4v) is 3.22. The highest BCUT2D eigenvalue weighted by molar-refractivity contribution is 14.0. The summed E-state index contributed by atoms with van der Waals surface area (Å²) in [6.45, 7) is 2.86. The Morgan fingerprint density at radius 1 is 0.952 bits per heavy atom. The van der Waals surface area contributed by atoms with Gasteiger partial charge in [0, 0.05) is 26.7 Å². The fraction of sp³-hybridized carbons (Fsp3) is 0.938. The number of ether oxygens (including phenoxy) is 1. The zero-order valence-electron chi connectivity index (χ0n) is 13.4. The summed E-state index contributed by atoms with van der Waals surface area (Å²) in [5.41, 5.74) is 0. The summed E-state index contributed by atoms with van der Waals surface area (Å²) < 4.78 is 5.63. The van der Waals surface area contributed by atoms with Crippen LogP contribution in [0.4, 0.5) is 0 Å². The third kappa shape index (κ3) is 7.68. The van der Waals surface area contributed by atoms with Crippen molar-refractivity contribution < 1.29 is 4.74 Å². The summed E-state index contributed by atoms with van der Waals surface area (Å²) in [6, 6.07) is 0. The van der Waals surface area contributed by atoms with Crippen molar-refractivity contribution in [3.8, 4) is 0 Å². The predicted molar refractivity (Wildman–Crippen MR) is 99.6 cm³/mol. The van der Waals surface area contributed by atoms with Crippen molar-refractivity contribution in [2.45, 2.75) is 63.9 Å². The van der Waals surface area contributed by atoms with E-state index in [1.807, 2.05) is 7.05 Å². The van der Waals surface area contributed by atoms with E-state index in [0.717, 1.165) is 31.6 Å². The molecule has 4 nitrogen and oxygen atoms in total. The van der Waals surface area contributed by atoms with Gasteiger partial charge in [0.1, 0.15) is 0 Å². The molecule has 124 valence electrons. The van der Waals surface area contributed by atoms with Gasteiger partial charge in [-0.3, -0.25) is 4.99 Å². The minimum atomic E-state index is 0. The maximum atomic E-state index is 5.63. The minimum absolute atomic E-state index is 0. The van der Waals surface area contributed by atoms with Gasteiger partial charge >= 0.3 is 0 Å². The van der Waals surface area contributed by atoms with Crippen LogP contribution in [0.1, 0.15) is 57.8 Å². The van der Waals surface area contributed by atoms with Gasteiger partial charge in [0.15, 0.2) is 5.96 Å². The van der Waals surface area contributed by atoms with Gasteiger partial charge in [-0.15, -0.1) is 24.0 Å². The Kier molecular flexibility index (Phi) is 10.4. The SMILES string of the molecule is CN=C(NCC1CCCCCCC1)NCC1CCCO1.I. The first-order chi connectivity index (χ1) is 9.88. The number of hydrogen-bond donors (Lipinski definition) is 2. The summed E-state index contributed by atoms with van der Waals surface area (Å²) in [5.74, 6) is 1.75. The van der Waals surface area contributed by atoms with E-state index in [0.29, 0.717) is 6.10 Å². The molecule has 0 spiro atoms. The molecular weight excluding hydrogens is 377 g/mol. The molecule has 1 saturated heterocycles. The molecule has 0 aromatic rings. The standard InChI is InChI=1S/C16H31N3O.HI/c1-17-16(19-13-15-10-7-11-20-15)18-12-14-8-5-3-2-4-6-9-14;/h14-15H,2-13H2,1H3,(H2,17,18,19);1H. The molecule has 2 fully saturated rings. The number of nitrogens with one attached hydrogen (secondary N) is 2. The summed E-state index contributed by atoms with van der Waals surface area (Å²) >= 11 is 0. The fourth-order valence-electron chi connectivity index (χ4n) is 3.22. The van der Waals surface area contributed by atoms with Gasteiger partial charge in [-0.2, -0.15) is 0 Å². The number of nitrogens with zero attached hydrogens (tertiary/aromatic N) is 1. The van der Waals surface area contributed by atoms with Crippen molar-refractivity contribution in [1.29, 1.82) is 0 Å². The van der Waals surface area contributed by atoms with Gasteiger partial charge in [0.2, 0.25) is 0 Å². The molecule has 21 heavy (non-hydrogen) atoms. The van der Waals surface area contributed by atoms with Gasteiger partial charge in [-0.1, -0.05) is 32.1 Å². The molecule has 1 atom stereocenters. The Hall–Kier alpha value is -0.0400. The van der Waals surface area contributed by atoms with Crippen molar-refractivity contribution >= 4 is 29.9 Å². The maximum Gasteiger partial charge on any atom is 0.191 e. The first-order valence-corrected chi connectivity index (χ1v) is 8.44. The molecule has 2 N–H and O–H groups in total. The van der Waals surface area contributed by atoms with Crippen LogP contribution >= 0.6 is 24.0 Å². The van der Waals surface area contributed by atoms with Crippen LogP contribution in [-0.2, 0) is 4.74 Å². The summed E-state index contributed by atoms with van der Waals surface area (Å²) in [4.78, 5) is 4.31. The highest BCUT2D eigenvalue weighted by atomic mass is 127. The Labute approximate surface area is 146 Å². The van der Waals surface area contributed by atoms with E-state index in [4.69, 9.17) is 4.74 Å². The molecule has 0 radical (unpaired) electrons. The molecule has 0 amide bonds. The lowest BCUT2D eigenvalue weighted by molar-refractivity contribution is 0.113. The van der Waals surface area contributed by atoms with Crippen LogP contribution in [0.25, 0.3) is 0 Å². The highest BCUT2D eigenvalue weighted by Gasteiger charge is 2.16. The third-order valence-electron chi connectivity index (χ3n) is 4.53. The number of hydrogen-bond acceptors (Lipinski definition) is 2. The molecule has 1 heterocycles. The van der Waals surface area contributed by atoms with E-state index >= 15 is 0 Å². The van der Waals surface area contributed by atoms with Crippen LogP contribution in [0.15, 0.2) is 4.99 Å². The Bertz CT molecular complexity index is 285. The van der Waals surface area contributed by atoms with Crippen molar-refractivity contribution in [1.82, 2.24) is 10.6 Å². The summed E-state index contributed by atoms with van der Waals surface area (Å²) in [7, 11) is 1.85. The molecule has 5 heteroatoms. The molecule has 2 aliphatic rings. The lowest BCUT2D eigenvalue weighted by Gasteiger charge is -2.22. The van der Waals surface area contributed by atoms with Gasteiger partial charge in [0.05, 0.1) is 6.10 Å². The second-order valence-electron chi connectivity index (χ2n) is 6.18. The topological polar surface area (TPSA) is 45.7 Å². The first kappa shape index (κ1) is 19.0. The largest absolute Gasteiger partial charge is 0.376 e. The van der Waals surface area contributed by atoms with Gasteiger partial charge in [-0.25, -0.2) is 0 Å². The van der Waals surface area contributed by atoms with Crippen LogP contribution in [0.2, 0.25) is 0 Å². The molecular formula is C16H32IN3O. The second kappa shape index (κ2) is 11.5. The Morgan fingerprint density at radius 2 is 1.62 bits per heavy atom. The lowest BCUT2D eigenvalue weighted by Crippen LogP contribution is -2.42. The van der Waals surface area contributed by atoms with Crippen LogP contribution in [-0.4, -0.2) is 38.8 Å². The molecule has 1 saturated carbocycles. The van der Waals surface area contributed by atoms with Crippen molar-refractivity contribution in [3.63, 3.8) is 0 Å². The Morgan fingerprint density at radius 3 is 2.24 bits per heavy atom. The van der Waals surface area contributed by atoms with Crippen LogP contribution in [0, 0.1) is 5.92 Å². The van der Waals surface area contributed by atoms with Crippen LogP contribution in [0.5, 0.6) is 0 Å². The number of aliphatic imine (C=N–C) groups is 1. The van der Waals surface area contributed by atoms with E-state index in [1.165, 1.54) is 57.8 Å². The predicted octanol–water partition coefficient (Wildman–Crippen LogP) is 3.31. The number of rotatable bonds is 4. The van der Waals surface area contributed by atoms with E-state index in [2.05, 4.69) is 15.6 Å². The maximum absolute atomic E-state index is 5.63. The first-order valence-electron chi connectivity index (χ1n) is 8.44.